The molecule has 174 valence electrons. The molecule has 3 rings (SSSR count). The number of halogens is 5. The Morgan fingerprint density at radius 3 is 2.48 bits per heavy atom. The smallest absolute Gasteiger partial charge is 0.417 e. The molecule has 0 unspecified atom stereocenters. The number of hydrogen-bond donors (Lipinski definition) is 2. The van der Waals surface area contributed by atoms with Gasteiger partial charge >= 0.3 is 12.1 Å². The second-order valence-electron chi connectivity index (χ2n) is 6.61. The molecule has 0 amide bonds. The molecule has 3 aromatic rings. The molecule has 0 radical (unpaired) electrons. The quantitative estimate of drug-likeness (QED) is 0.412. The molecule has 0 aliphatic carbocycles. The summed E-state index contributed by atoms with van der Waals surface area (Å²) < 4.78 is 72.7. The SMILES string of the molecule is Cc1cccc(C(=O)O)c1Oc1ncc(Cl)cc1NS(=O)(=O)c1ccc(Cl)c(C(F)(F)F)c1. The maximum Gasteiger partial charge on any atom is 0.417 e. The number of nitrogens with zero attached hydrogens (tertiary/aromatic N) is 1. The average Bonchev–Trinajstić information content (AvgIpc) is 2.70. The predicted octanol–water partition coefficient (Wildman–Crippen LogP) is 6.01. The zero-order chi connectivity index (χ0) is 24.6. The highest BCUT2D eigenvalue weighted by molar-refractivity contribution is 7.92. The summed E-state index contributed by atoms with van der Waals surface area (Å²) in [5.41, 5.74) is -1.47. The van der Waals surface area contributed by atoms with Crippen molar-refractivity contribution in [2.24, 2.45) is 0 Å². The zero-order valence-electron chi connectivity index (χ0n) is 16.4. The van der Waals surface area contributed by atoms with Crippen molar-refractivity contribution in [1.82, 2.24) is 4.98 Å². The Morgan fingerprint density at radius 2 is 1.85 bits per heavy atom. The van der Waals surface area contributed by atoms with E-state index in [0.29, 0.717) is 11.6 Å². The highest BCUT2D eigenvalue weighted by Gasteiger charge is 2.34. The zero-order valence-corrected chi connectivity index (χ0v) is 18.8. The van der Waals surface area contributed by atoms with Gasteiger partial charge in [0, 0.05) is 6.20 Å². The van der Waals surface area contributed by atoms with Gasteiger partial charge in [0.25, 0.3) is 10.0 Å². The number of aryl methyl sites for hydroxylation is 1. The number of ether oxygens (including phenoxy) is 1. The minimum absolute atomic E-state index is 0.0182. The van der Waals surface area contributed by atoms with Crippen LogP contribution in [0.1, 0.15) is 21.5 Å². The molecular weight excluding hydrogens is 508 g/mol. The van der Waals surface area contributed by atoms with Gasteiger partial charge in [-0.15, -0.1) is 0 Å². The Morgan fingerprint density at radius 1 is 1.15 bits per heavy atom. The Balaban J connectivity index is 2.05. The highest BCUT2D eigenvalue weighted by atomic mass is 35.5. The van der Waals surface area contributed by atoms with Gasteiger partial charge in [0.15, 0.2) is 0 Å². The molecule has 2 aromatic carbocycles. The third kappa shape index (κ3) is 5.49. The number of anilines is 1. The molecule has 0 saturated heterocycles. The normalized spacial score (nSPS) is 11.8. The molecule has 0 bridgehead atoms. The van der Waals surface area contributed by atoms with E-state index in [9.17, 15) is 31.5 Å². The number of hydrogen-bond acceptors (Lipinski definition) is 5. The maximum absolute atomic E-state index is 13.1. The van der Waals surface area contributed by atoms with Crippen molar-refractivity contribution < 1.29 is 36.2 Å². The molecular formula is C20H13Cl2F3N2O5S. The van der Waals surface area contributed by atoms with E-state index >= 15 is 0 Å². The lowest BCUT2D eigenvalue weighted by atomic mass is 10.1. The maximum atomic E-state index is 13.1. The summed E-state index contributed by atoms with van der Waals surface area (Å²) in [7, 11) is -4.58. The van der Waals surface area contributed by atoms with Gasteiger partial charge in [-0.05, 0) is 42.8 Å². The fourth-order valence-corrected chi connectivity index (χ4v) is 4.18. The van der Waals surface area contributed by atoms with E-state index in [1.807, 2.05) is 0 Å². The van der Waals surface area contributed by atoms with Crippen molar-refractivity contribution in [3.05, 3.63) is 75.4 Å². The van der Waals surface area contributed by atoms with Crippen molar-refractivity contribution in [2.45, 2.75) is 18.0 Å². The Hall–Kier alpha value is -3.02. The predicted molar refractivity (Wildman–Crippen MR) is 115 cm³/mol. The molecule has 13 heteroatoms. The number of carbonyl (C=O) groups is 1. The largest absolute Gasteiger partial charge is 0.478 e. The van der Waals surface area contributed by atoms with Crippen molar-refractivity contribution >= 4 is 44.9 Å². The van der Waals surface area contributed by atoms with Crippen LogP contribution in [0.25, 0.3) is 0 Å². The van der Waals surface area contributed by atoms with E-state index in [4.69, 9.17) is 27.9 Å². The number of carboxylic acids is 1. The van der Waals surface area contributed by atoms with Gasteiger partial charge in [-0.2, -0.15) is 13.2 Å². The lowest BCUT2D eigenvalue weighted by Crippen LogP contribution is -2.16. The number of alkyl halides is 3. The number of benzene rings is 2. The van der Waals surface area contributed by atoms with Crippen LogP contribution in [0.2, 0.25) is 10.0 Å². The van der Waals surface area contributed by atoms with Crippen LogP contribution in [0.3, 0.4) is 0 Å². The highest BCUT2D eigenvalue weighted by Crippen LogP contribution is 2.38. The third-order valence-corrected chi connectivity index (χ3v) is 6.16. The lowest BCUT2D eigenvalue weighted by Gasteiger charge is -2.16. The van der Waals surface area contributed by atoms with Crippen LogP contribution in [0, 0.1) is 6.92 Å². The van der Waals surface area contributed by atoms with Crippen LogP contribution in [-0.2, 0) is 16.2 Å². The number of aromatic carboxylic acids is 1. The number of sulfonamides is 1. The molecule has 0 aliphatic heterocycles. The number of carboxylic acid groups (broad SMARTS) is 1. The van der Waals surface area contributed by atoms with Gasteiger partial charge < -0.3 is 9.84 Å². The Kier molecular flexibility index (Phi) is 6.78. The molecule has 1 aromatic heterocycles. The summed E-state index contributed by atoms with van der Waals surface area (Å²) in [5, 5.41) is 8.71. The molecule has 33 heavy (non-hydrogen) atoms. The molecule has 0 spiro atoms. The topological polar surface area (TPSA) is 106 Å². The van der Waals surface area contributed by atoms with Crippen LogP contribution in [0.4, 0.5) is 18.9 Å². The number of nitrogens with one attached hydrogen (secondary N) is 1. The first kappa shape index (κ1) is 24.6. The molecule has 0 saturated carbocycles. The van der Waals surface area contributed by atoms with Crippen molar-refractivity contribution in [3.8, 4) is 11.6 Å². The molecule has 0 fully saturated rings. The van der Waals surface area contributed by atoms with E-state index in [-0.39, 0.29) is 27.9 Å². The Labute approximate surface area is 195 Å². The standard InChI is InChI=1S/C20H13Cl2F3N2O5S/c1-10-3-2-4-13(19(28)29)17(10)32-18-16(7-11(21)9-26-18)27-33(30,31)12-5-6-15(22)14(8-12)20(23,24)25/h2-9,27H,1H3,(H,28,29). The van der Waals surface area contributed by atoms with Crippen LogP contribution < -0.4 is 9.46 Å². The summed E-state index contributed by atoms with van der Waals surface area (Å²) in [6.45, 7) is 1.56. The van der Waals surface area contributed by atoms with E-state index in [1.165, 1.54) is 12.1 Å². The van der Waals surface area contributed by atoms with Crippen molar-refractivity contribution in [1.29, 1.82) is 0 Å². The lowest BCUT2D eigenvalue weighted by molar-refractivity contribution is -0.137. The summed E-state index contributed by atoms with van der Waals surface area (Å²) in [4.78, 5) is 14.7. The van der Waals surface area contributed by atoms with Crippen molar-refractivity contribution in [3.63, 3.8) is 0 Å². The Bertz CT molecular complexity index is 1350. The van der Waals surface area contributed by atoms with Crippen LogP contribution in [-0.4, -0.2) is 24.5 Å². The summed E-state index contributed by atoms with van der Waals surface area (Å²) >= 11 is 11.5. The fraction of sp³-hybridized carbons (Fsp3) is 0.100. The first-order valence-corrected chi connectivity index (χ1v) is 11.1. The number of pyridine rings is 1. The fourth-order valence-electron chi connectivity index (χ4n) is 2.73. The average molecular weight is 521 g/mol. The van der Waals surface area contributed by atoms with E-state index < -0.39 is 37.7 Å². The summed E-state index contributed by atoms with van der Waals surface area (Å²) in [6, 6.07) is 7.52. The second kappa shape index (κ2) is 9.08. The van der Waals surface area contributed by atoms with Gasteiger partial charge in [0.1, 0.15) is 17.0 Å². The summed E-state index contributed by atoms with van der Waals surface area (Å²) in [6.07, 6.45) is -3.76. The van der Waals surface area contributed by atoms with Crippen molar-refractivity contribution in [2.75, 3.05) is 4.72 Å². The first-order valence-electron chi connectivity index (χ1n) is 8.85. The molecule has 7 nitrogen and oxygen atoms in total. The summed E-state index contributed by atoms with van der Waals surface area (Å²) in [5.74, 6) is -1.78. The molecule has 0 atom stereocenters. The molecule has 0 aliphatic rings. The monoisotopic (exact) mass is 520 g/mol. The first-order chi connectivity index (χ1) is 15.3. The van der Waals surface area contributed by atoms with E-state index in [1.54, 1.807) is 13.0 Å². The second-order valence-corrected chi connectivity index (χ2v) is 9.14. The molecule has 2 N–H and O–H groups in total. The molecule has 1 heterocycles. The third-order valence-electron chi connectivity index (χ3n) is 4.26. The van der Waals surface area contributed by atoms with Gasteiger partial charge in [0.2, 0.25) is 5.88 Å². The van der Waals surface area contributed by atoms with Gasteiger partial charge in [-0.25, -0.2) is 18.2 Å². The number of rotatable bonds is 6. The number of para-hydroxylation sites is 1. The van der Waals surface area contributed by atoms with Gasteiger partial charge in [0.05, 0.1) is 20.5 Å². The van der Waals surface area contributed by atoms with Crippen LogP contribution >= 0.6 is 23.2 Å². The van der Waals surface area contributed by atoms with Crippen LogP contribution in [0.5, 0.6) is 11.6 Å². The van der Waals surface area contributed by atoms with Gasteiger partial charge in [-0.1, -0.05) is 35.3 Å². The van der Waals surface area contributed by atoms with Gasteiger partial charge in [-0.3, -0.25) is 4.72 Å². The van der Waals surface area contributed by atoms with E-state index in [2.05, 4.69) is 9.71 Å². The van der Waals surface area contributed by atoms with E-state index in [0.717, 1.165) is 24.4 Å². The number of aromatic nitrogens is 1. The van der Waals surface area contributed by atoms with Crippen LogP contribution in [0.15, 0.2) is 53.6 Å². The minimum atomic E-state index is -4.88. The minimum Gasteiger partial charge on any atom is -0.478 e.